The number of anilines is 1. The molecule has 8 nitrogen and oxygen atoms in total. The number of benzene rings is 2. The van der Waals surface area contributed by atoms with Gasteiger partial charge in [0, 0.05) is 32.7 Å². The van der Waals surface area contributed by atoms with Gasteiger partial charge in [0.15, 0.2) is 0 Å². The number of methoxy groups -OCH3 is 1. The van der Waals surface area contributed by atoms with Gasteiger partial charge < -0.3 is 15.4 Å². The summed E-state index contributed by atoms with van der Waals surface area (Å²) in [5.74, 6) is -1.48. The number of nitrogens with zero attached hydrogens (tertiary/aromatic N) is 1. The van der Waals surface area contributed by atoms with Crippen LogP contribution in [0.15, 0.2) is 53.4 Å². The first-order chi connectivity index (χ1) is 15.3. The number of amides is 2. The SMILES string of the molecule is COCCNC(=O)c1ccccc1NC(=O)C1CCN(S(=O)(=O)c2ccc(F)cc2)CC1. The Hall–Kier alpha value is -2.82. The summed E-state index contributed by atoms with van der Waals surface area (Å²) in [6.07, 6.45) is 0.683. The van der Waals surface area contributed by atoms with Crippen LogP contribution in [0.1, 0.15) is 23.2 Å². The third kappa shape index (κ3) is 5.70. The number of piperidine rings is 1. The van der Waals surface area contributed by atoms with Gasteiger partial charge in [0.1, 0.15) is 5.82 Å². The monoisotopic (exact) mass is 463 g/mol. The predicted octanol–water partition coefficient (Wildman–Crippen LogP) is 2.24. The van der Waals surface area contributed by atoms with Gasteiger partial charge in [-0.3, -0.25) is 9.59 Å². The number of para-hydroxylation sites is 1. The van der Waals surface area contributed by atoms with E-state index in [0.717, 1.165) is 12.1 Å². The molecular formula is C22H26FN3O5S. The summed E-state index contributed by atoms with van der Waals surface area (Å²) in [6.45, 7) is 1.08. The molecule has 0 bridgehead atoms. The minimum absolute atomic E-state index is 0.0233. The Morgan fingerprint density at radius 3 is 2.41 bits per heavy atom. The van der Waals surface area contributed by atoms with Crippen LogP contribution < -0.4 is 10.6 Å². The highest BCUT2D eigenvalue weighted by atomic mass is 32.2. The summed E-state index contributed by atoms with van der Waals surface area (Å²) in [4.78, 5) is 25.2. The van der Waals surface area contributed by atoms with Crippen LogP contribution in [-0.4, -0.2) is 57.9 Å². The smallest absolute Gasteiger partial charge is 0.253 e. The molecule has 1 saturated heterocycles. The molecule has 2 aromatic carbocycles. The molecule has 0 spiro atoms. The first-order valence-corrected chi connectivity index (χ1v) is 11.7. The maximum Gasteiger partial charge on any atom is 0.253 e. The molecule has 0 atom stereocenters. The Morgan fingerprint density at radius 2 is 1.75 bits per heavy atom. The fourth-order valence-corrected chi connectivity index (χ4v) is 4.97. The van der Waals surface area contributed by atoms with Gasteiger partial charge in [0.25, 0.3) is 5.91 Å². The quantitative estimate of drug-likeness (QED) is 0.585. The van der Waals surface area contributed by atoms with Crippen molar-refractivity contribution in [3.05, 3.63) is 59.9 Å². The Kier molecular flexibility index (Phi) is 7.94. The van der Waals surface area contributed by atoms with Gasteiger partial charge in [-0.25, -0.2) is 12.8 Å². The van der Waals surface area contributed by atoms with Crippen molar-refractivity contribution in [2.24, 2.45) is 5.92 Å². The Bertz CT molecular complexity index is 1050. The van der Waals surface area contributed by atoms with Gasteiger partial charge >= 0.3 is 0 Å². The van der Waals surface area contributed by atoms with Crippen molar-refractivity contribution in [3.8, 4) is 0 Å². The highest BCUT2D eigenvalue weighted by Gasteiger charge is 2.32. The predicted molar refractivity (Wildman–Crippen MR) is 117 cm³/mol. The van der Waals surface area contributed by atoms with Crippen LogP contribution in [0.2, 0.25) is 0 Å². The summed E-state index contributed by atoms with van der Waals surface area (Å²) >= 11 is 0. The highest BCUT2D eigenvalue weighted by Crippen LogP contribution is 2.25. The number of ether oxygens (including phenoxy) is 1. The molecule has 2 amide bonds. The molecule has 10 heteroatoms. The van der Waals surface area contributed by atoms with E-state index in [2.05, 4.69) is 10.6 Å². The number of hydrogen-bond donors (Lipinski definition) is 2. The lowest BCUT2D eigenvalue weighted by Crippen LogP contribution is -2.41. The van der Waals surface area contributed by atoms with Crippen molar-refractivity contribution in [2.75, 3.05) is 38.7 Å². The molecule has 1 fully saturated rings. The summed E-state index contributed by atoms with van der Waals surface area (Å²) in [7, 11) is -2.21. The number of hydrogen-bond acceptors (Lipinski definition) is 5. The molecule has 0 aromatic heterocycles. The molecule has 0 aliphatic carbocycles. The van der Waals surface area contributed by atoms with Crippen LogP contribution in [0.25, 0.3) is 0 Å². The molecule has 1 heterocycles. The van der Waals surface area contributed by atoms with Gasteiger partial charge in [-0.05, 0) is 49.2 Å². The first-order valence-electron chi connectivity index (χ1n) is 10.3. The van der Waals surface area contributed by atoms with Crippen LogP contribution in [0.3, 0.4) is 0 Å². The van der Waals surface area contributed by atoms with E-state index in [4.69, 9.17) is 4.74 Å². The fraction of sp³-hybridized carbons (Fsp3) is 0.364. The summed E-state index contributed by atoms with van der Waals surface area (Å²) in [5.41, 5.74) is 0.738. The van der Waals surface area contributed by atoms with Gasteiger partial charge in [-0.15, -0.1) is 0 Å². The van der Waals surface area contributed by atoms with E-state index in [1.54, 1.807) is 24.3 Å². The lowest BCUT2D eigenvalue weighted by Gasteiger charge is -2.30. The highest BCUT2D eigenvalue weighted by molar-refractivity contribution is 7.89. The van der Waals surface area contributed by atoms with Crippen molar-refractivity contribution in [1.82, 2.24) is 9.62 Å². The van der Waals surface area contributed by atoms with E-state index >= 15 is 0 Å². The maximum absolute atomic E-state index is 13.1. The maximum atomic E-state index is 13.1. The van der Waals surface area contributed by atoms with E-state index in [0.29, 0.717) is 37.2 Å². The summed E-state index contributed by atoms with van der Waals surface area (Å²) in [6, 6.07) is 11.4. The largest absolute Gasteiger partial charge is 0.383 e. The number of halogens is 1. The van der Waals surface area contributed by atoms with E-state index in [1.165, 1.54) is 23.5 Å². The Morgan fingerprint density at radius 1 is 1.09 bits per heavy atom. The van der Waals surface area contributed by atoms with Crippen molar-refractivity contribution in [2.45, 2.75) is 17.7 Å². The van der Waals surface area contributed by atoms with E-state index in [1.807, 2.05) is 0 Å². The fourth-order valence-electron chi connectivity index (χ4n) is 3.50. The number of rotatable bonds is 8. The number of carbonyl (C=O) groups excluding carboxylic acids is 2. The molecule has 2 N–H and O–H groups in total. The van der Waals surface area contributed by atoms with Crippen LogP contribution in [0.5, 0.6) is 0 Å². The number of sulfonamides is 1. The van der Waals surface area contributed by atoms with Crippen molar-refractivity contribution < 1.29 is 27.1 Å². The zero-order valence-electron chi connectivity index (χ0n) is 17.7. The Labute approximate surface area is 186 Å². The lowest BCUT2D eigenvalue weighted by atomic mass is 9.97. The van der Waals surface area contributed by atoms with Crippen LogP contribution in [-0.2, 0) is 19.6 Å². The molecular weight excluding hydrogens is 437 g/mol. The molecule has 0 saturated carbocycles. The van der Waals surface area contributed by atoms with E-state index < -0.39 is 15.8 Å². The molecule has 2 aromatic rings. The number of nitrogens with one attached hydrogen (secondary N) is 2. The minimum atomic E-state index is -3.74. The molecule has 1 aliphatic rings. The van der Waals surface area contributed by atoms with Crippen LogP contribution >= 0.6 is 0 Å². The number of carbonyl (C=O) groups is 2. The second-order valence-electron chi connectivity index (χ2n) is 7.42. The molecule has 32 heavy (non-hydrogen) atoms. The third-order valence-corrected chi connectivity index (χ3v) is 7.21. The van der Waals surface area contributed by atoms with Gasteiger partial charge in [0.05, 0.1) is 22.8 Å². The topological polar surface area (TPSA) is 105 Å². The third-order valence-electron chi connectivity index (χ3n) is 5.30. The molecule has 0 unspecified atom stereocenters. The average molecular weight is 464 g/mol. The zero-order chi connectivity index (χ0) is 23.1. The summed E-state index contributed by atoms with van der Waals surface area (Å²) in [5, 5.41) is 5.52. The second-order valence-corrected chi connectivity index (χ2v) is 9.35. The van der Waals surface area contributed by atoms with Crippen molar-refractivity contribution in [1.29, 1.82) is 0 Å². The standard InChI is InChI=1S/C22H26FN3O5S/c1-31-15-12-24-22(28)19-4-2-3-5-20(19)25-21(27)16-10-13-26(14-11-16)32(29,30)18-8-6-17(23)7-9-18/h2-9,16H,10-15H2,1H3,(H,24,28)(H,25,27). The van der Waals surface area contributed by atoms with Crippen LogP contribution in [0, 0.1) is 11.7 Å². The normalized spacial score (nSPS) is 15.3. The lowest BCUT2D eigenvalue weighted by molar-refractivity contribution is -0.120. The molecule has 172 valence electrons. The van der Waals surface area contributed by atoms with Gasteiger partial charge in [-0.1, -0.05) is 12.1 Å². The zero-order valence-corrected chi connectivity index (χ0v) is 18.5. The van der Waals surface area contributed by atoms with Gasteiger partial charge in [0.2, 0.25) is 15.9 Å². The average Bonchev–Trinajstić information content (AvgIpc) is 2.80. The Balaban J connectivity index is 1.61. The van der Waals surface area contributed by atoms with E-state index in [9.17, 15) is 22.4 Å². The molecule has 1 aliphatic heterocycles. The van der Waals surface area contributed by atoms with Gasteiger partial charge in [-0.2, -0.15) is 4.31 Å². The van der Waals surface area contributed by atoms with E-state index in [-0.39, 0.29) is 35.7 Å². The molecule has 3 rings (SSSR count). The summed E-state index contributed by atoms with van der Waals surface area (Å²) < 4.78 is 44.8. The van der Waals surface area contributed by atoms with Crippen LogP contribution in [0.4, 0.5) is 10.1 Å². The van der Waals surface area contributed by atoms with Crippen molar-refractivity contribution >= 4 is 27.5 Å². The minimum Gasteiger partial charge on any atom is -0.383 e. The molecule has 0 radical (unpaired) electrons. The second kappa shape index (κ2) is 10.7. The first kappa shape index (κ1) is 23.8. The van der Waals surface area contributed by atoms with Crippen molar-refractivity contribution in [3.63, 3.8) is 0 Å².